The molecule has 0 bridgehead atoms. The Morgan fingerprint density at radius 2 is 2.27 bits per heavy atom. The molecule has 0 aromatic heterocycles. The second-order valence-corrected chi connectivity index (χ2v) is 4.01. The van der Waals surface area contributed by atoms with Crippen LogP contribution in [-0.2, 0) is 9.59 Å². The molecule has 1 heterocycles. The van der Waals surface area contributed by atoms with E-state index < -0.39 is 0 Å². The van der Waals surface area contributed by atoms with Gasteiger partial charge < -0.3 is 10.1 Å². The first-order chi connectivity index (χ1) is 7.13. The quantitative estimate of drug-likeness (QED) is 0.666. The molecule has 1 amide bonds. The number of nitrogens with zero attached hydrogens (tertiary/aromatic N) is 1. The summed E-state index contributed by atoms with van der Waals surface area (Å²) in [5, 5.41) is 2.67. The summed E-state index contributed by atoms with van der Waals surface area (Å²) in [5.41, 5.74) is 0. The SMILES string of the molecule is C[B]N1CCCC(C(=O)NCC(C)=O)C1. The van der Waals surface area contributed by atoms with Crippen LogP contribution in [0.2, 0.25) is 6.82 Å². The van der Waals surface area contributed by atoms with E-state index in [0.717, 1.165) is 25.9 Å². The van der Waals surface area contributed by atoms with Crippen molar-refractivity contribution >= 4 is 19.1 Å². The highest BCUT2D eigenvalue weighted by Gasteiger charge is 2.24. The van der Waals surface area contributed by atoms with Gasteiger partial charge in [0, 0.05) is 5.92 Å². The number of ketones is 1. The second-order valence-electron chi connectivity index (χ2n) is 4.01. The Labute approximate surface area is 91.7 Å². The van der Waals surface area contributed by atoms with Gasteiger partial charge in [-0.05, 0) is 32.9 Å². The number of carbonyl (C=O) groups is 2. The summed E-state index contributed by atoms with van der Waals surface area (Å²) in [7, 11) is 2.02. The molecule has 0 spiro atoms. The number of carbonyl (C=O) groups excluding carboxylic acids is 2. The standard InChI is InChI=1S/C10H18BN2O2/c1-8(14)6-12-10(15)9-4-3-5-13(7-9)11-2/h9H,3-7H2,1-2H3,(H,12,15). The monoisotopic (exact) mass is 209 g/mol. The summed E-state index contributed by atoms with van der Waals surface area (Å²) in [5.74, 6) is 0.0455. The number of amides is 1. The van der Waals surface area contributed by atoms with Gasteiger partial charge in [0.15, 0.2) is 0 Å². The molecule has 1 atom stereocenters. The zero-order chi connectivity index (χ0) is 11.3. The smallest absolute Gasteiger partial charge is 0.224 e. The van der Waals surface area contributed by atoms with E-state index >= 15 is 0 Å². The molecule has 0 saturated carbocycles. The van der Waals surface area contributed by atoms with E-state index in [2.05, 4.69) is 10.1 Å². The van der Waals surface area contributed by atoms with Crippen molar-refractivity contribution in [2.45, 2.75) is 26.6 Å². The molecule has 1 unspecified atom stereocenters. The minimum Gasteiger partial charge on any atom is -0.349 e. The van der Waals surface area contributed by atoms with Gasteiger partial charge in [-0.15, -0.1) is 0 Å². The van der Waals surface area contributed by atoms with E-state index in [0.29, 0.717) is 0 Å². The molecular formula is C10H18BN2O2. The second kappa shape index (κ2) is 5.90. The molecule has 0 aromatic carbocycles. The fourth-order valence-electron chi connectivity index (χ4n) is 1.81. The van der Waals surface area contributed by atoms with Crippen molar-refractivity contribution in [2.75, 3.05) is 19.6 Å². The van der Waals surface area contributed by atoms with Crippen LogP contribution in [-0.4, -0.2) is 43.6 Å². The molecule has 4 nitrogen and oxygen atoms in total. The zero-order valence-corrected chi connectivity index (χ0v) is 9.45. The Bertz CT molecular complexity index is 246. The van der Waals surface area contributed by atoms with E-state index in [4.69, 9.17) is 0 Å². The number of piperidine rings is 1. The van der Waals surface area contributed by atoms with Gasteiger partial charge in [0.1, 0.15) is 5.78 Å². The van der Waals surface area contributed by atoms with Crippen LogP contribution in [0.15, 0.2) is 0 Å². The largest absolute Gasteiger partial charge is 0.349 e. The molecule has 15 heavy (non-hydrogen) atoms. The highest BCUT2D eigenvalue weighted by Crippen LogP contribution is 2.15. The Morgan fingerprint density at radius 3 is 2.87 bits per heavy atom. The predicted octanol–water partition coefficient (Wildman–Crippen LogP) is 0.0709. The summed E-state index contributed by atoms with van der Waals surface area (Å²) >= 11 is 0. The first-order valence-corrected chi connectivity index (χ1v) is 5.44. The maximum atomic E-state index is 11.7. The van der Waals surface area contributed by atoms with Gasteiger partial charge in [-0.2, -0.15) is 0 Å². The van der Waals surface area contributed by atoms with Crippen LogP contribution >= 0.6 is 0 Å². The Kier molecular flexibility index (Phi) is 4.82. The summed E-state index contributed by atoms with van der Waals surface area (Å²) in [4.78, 5) is 24.5. The predicted molar refractivity (Wildman–Crippen MR) is 59.6 cm³/mol. The third-order valence-corrected chi connectivity index (χ3v) is 2.70. The van der Waals surface area contributed by atoms with Crippen molar-refractivity contribution < 1.29 is 9.59 Å². The van der Waals surface area contributed by atoms with Gasteiger partial charge in [0.2, 0.25) is 13.3 Å². The number of Topliss-reactive ketones (excluding diaryl/α,β-unsaturated/α-hetero) is 1. The van der Waals surface area contributed by atoms with Gasteiger partial charge in [0.05, 0.1) is 6.54 Å². The lowest BCUT2D eigenvalue weighted by Gasteiger charge is -2.30. The number of nitrogens with one attached hydrogen (secondary N) is 1. The van der Waals surface area contributed by atoms with Gasteiger partial charge in [-0.1, -0.05) is 6.82 Å². The average molecular weight is 209 g/mol. The van der Waals surface area contributed by atoms with Crippen LogP contribution < -0.4 is 5.32 Å². The maximum Gasteiger partial charge on any atom is 0.224 e. The van der Waals surface area contributed by atoms with E-state index in [1.807, 2.05) is 14.2 Å². The number of hydrogen-bond acceptors (Lipinski definition) is 3. The molecule has 1 rings (SSSR count). The normalized spacial score (nSPS) is 22.1. The van der Waals surface area contributed by atoms with Gasteiger partial charge in [-0.25, -0.2) is 0 Å². The van der Waals surface area contributed by atoms with Crippen molar-refractivity contribution in [3.63, 3.8) is 0 Å². The lowest BCUT2D eigenvalue weighted by Crippen LogP contribution is -2.44. The molecular weight excluding hydrogens is 191 g/mol. The summed E-state index contributed by atoms with van der Waals surface area (Å²) in [6, 6.07) is 0. The van der Waals surface area contributed by atoms with Crippen LogP contribution in [0.25, 0.3) is 0 Å². The Hall–Kier alpha value is -0.835. The van der Waals surface area contributed by atoms with Crippen molar-refractivity contribution in [1.82, 2.24) is 10.1 Å². The molecule has 1 aliphatic rings. The summed E-state index contributed by atoms with van der Waals surface area (Å²) < 4.78 is 0. The van der Waals surface area contributed by atoms with Crippen molar-refractivity contribution in [3.8, 4) is 0 Å². The molecule has 1 aliphatic heterocycles. The highest BCUT2D eigenvalue weighted by atomic mass is 16.2. The molecule has 0 aliphatic carbocycles. The minimum atomic E-state index is -0.00179. The van der Waals surface area contributed by atoms with E-state index in [1.54, 1.807) is 0 Å². The van der Waals surface area contributed by atoms with E-state index in [1.165, 1.54) is 6.92 Å². The van der Waals surface area contributed by atoms with E-state index in [-0.39, 0.29) is 24.2 Å². The lowest BCUT2D eigenvalue weighted by molar-refractivity contribution is -0.128. The van der Waals surface area contributed by atoms with Gasteiger partial charge in [0.25, 0.3) is 0 Å². The van der Waals surface area contributed by atoms with E-state index in [9.17, 15) is 9.59 Å². The summed E-state index contributed by atoms with van der Waals surface area (Å²) in [6.45, 7) is 5.43. The molecule has 83 valence electrons. The molecule has 1 saturated heterocycles. The van der Waals surface area contributed by atoms with Crippen molar-refractivity contribution in [3.05, 3.63) is 0 Å². The zero-order valence-electron chi connectivity index (χ0n) is 9.45. The van der Waals surface area contributed by atoms with Crippen LogP contribution in [0.3, 0.4) is 0 Å². The maximum absolute atomic E-state index is 11.7. The van der Waals surface area contributed by atoms with Gasteiger partial charge >= 0.3 is 0 Å². The van der Waals surface area contributed by atoms with Crippen LogP contribution in [0.5, 0.6) is 0 Å². The average Bonchev–Trinajstić information content (AvgIpc) is 2.26. The summed E-state index contributed by atoms with van der Waals surface area (Å²) in [6.07, 6.45) is 1.97. The Balaban J connectivity index is 2.35. The third-order valence-electron chi connectivity index (χ3n) is 2.70. The molecule has 1 fully saturated rings. The van der Waals surface area contributed by atoms with Gasteiger partial charge in [-0.3, -0.25) is 9.59 Å². The van der Waals surface area contributed by atoms with Crippen LogP contribution in [0.4, 0.5) is 0 Å². The molecule has 0 aromatic rings. The fourth-order valence-corrected chi connectivity index (χ4v) is 1.81. The fraction of sp³-hybridized carbons (Fsp3) is 0.800. The first kappa shape index (κ1) is 12.2. The molecule has 1 N–H and O–H groups in total. The van der Waals surface area contributed by atoms with Crippen molar-refractivity contribution in [2.24, 2.45) is 5.92 Å². The third kappa shape index (κ3) is 4.04. The Morgan fingerprint density at radius 1 is 1.53 bits per heavy atom. The highest BCUT2D eigenvalue weighted by molar-refractivity contribution is 6.29. The minimum absolute atomic E-state index is 0.00179. The topological polar surface area (TPSA) is 49.4 Å². The van der Waals surface area contributed by atoms with Crippen LogP contribution in [0, 0.1) is 5.92 Å². The number of rotatable bonds is 4. The number of hydrogen-bond donors (Lipinski definition) is 1. The first-order valence-electron chi connectivity index (χ1n) is 5.44. The molecule has 1 radical (unpaired) electrons. The van der Waals surface area contributed by atoms with Crippen molar-refractivity contribution in [1.29, 1.82) is 0 Å². The van der Waals surface area contributed by atoms with Crippen LogP contribution in [0.1, 0.15) is 19.8 Å². The molecule has 5 heteroatoms. The lowest BCUT2D eigenvalue weighted by atomic mass is 9.87.